The van der Waals surface area contributed by atoms with Crippen LogP contribution in [0.25, 0.3) is 17.0 Å². The molecule has 1 aromatic heterocycles. The van der Waals surface area contributed by atoms with Crippen LogP contribution in [0.15, 0.2) is 65.3 Å². The summed E-state index contributed by atoms with van der Waals surface area (Å²) >= 11 is 0. The summed E-state index contributed by atoms with van der Waals surface area (Å²) in [7, 11) is -2.41. The average Bonchev–Trinajstić information content (AvgIpc) is 2.86. The topological polar surface area (TPSA) is 97.8 Å². The molecule has 3 aliphatic rings. The molecule has 6 rings (SSSR count). The maximum absolute atomic E-state index is 12.8. The first-order valence-electron chi connectivity index (χ1n) is 11.5. The Balaban J connectivity index is 1.43. The Bertz CT molecular complexity index is 1390. The summed E-state index contributed by atoms with van der Waals surface area (Å²) in [6, 6.07) is 13.9. The molecule has 2 bridgehead atoms. The van der Waals surface area contributed by atoms with Gasteiger partial charge in [-0.25, -0.2) is 17.9 Å². The molecule has 3 fully saturated rings. The minimum atomic E-state index is -4.03. The van der Waals surface area contributed by atoms with Crippen LogP contribution in [0.2, 0.25) is 0 Å². The Labute approximate surface area is 204 Å². The molecule has 3 aliphatic heterocycles. The van der Waals surface area contributed by atoms with Crippen LogP contribution >= 0.6 is 0 Å². The van der Waals surface area contributed by atoms with E-state index in [0.717, 1.165) is 59.4 Å². The molecular formula is C26H27N3O5S. The fourth-order valence-corrected chi connectivity index (χ4v) is 5.68. The quantitative estimate of drug-likeness (QED) is 0.571. The number of methoxy groups -OCH3 is 1. The molecule has 0 radical (unpaired) electrons. The van der Waals surface area contributed by atoms with Gasteiger partial charge in [0.15, 0.2) is 0 Å². The van der Waals surface area contributed by atoms with Crippen LogP contribution in [0, 0.1) is 12.8 Å². The number of fused-ring (bicyclic) bond motifs is 4. The van der Waals surface area contributed by atoms with Crippen molar-refractivity contribution in [3.63, 3.8) is 0 Å². The van der Waals surface area contributed by atoms with Crippen LogP contribution in [-0.4, -0.2) is 50.7 Å². The van der Waals surface area contributed by atoms with Crippen molar-refractivity contribution in [1.29, 1.82) is 0 Å². The summed E-state index contributed by atoms with van der Waals surface area (Å²) in [4.78, 5) is 19.4. The highest BCUT2D eigenvalue weighted by atomic mass is 32.2. The third kappa shape index (κ3) is 4.68. The summed E-state index contributed by atoms with van der Waals surface area (Å²) in [6.45, 7) is 3.60. The lowest BCUT2D eigenvalue weighted by molar-refractivity contribution is 0.00697. The number of amides is 1. The van der Waals surface area contributed by atoms with Gasteiger partial charge in [0.05, 0.1) is 23.2 Å². The lowest BCUT2D eigenvalue weighted by atomic mass is 9.82. The maximum Gasteiger partial charge on any atom is 0.421 e. The van der Waals surface area contributed by atoms with E-state index in [1.807, 2.05) is 37.3 Å². The molecule has 35 heavy (non-hydrogen) atoms. The third-order valence-corrected chi connectivity index (χ3v) is 8.02. The number of rotatable bonds is 5. The number of aryl methyl sites for hydroxylation is 1. The largest absolute Gasteiger partial charge is 0.497 e. The second kappa shape index (κ2) is 9.22. The number of pyridine rings is 1. The van der Waals surface area contributed by atoms with E-state index in [4.69, 9.17) is 9.47 Å². The molecule has 0 saturated carbocycles. The van der Waals surface area contributed by atoms with E-state index >= 15 is 0 Å². The van der Waals surface area contributed by atoms with Crippen LogP contribution in [-0.2, 0) is 14.8 Å². The van der Waals surface area contributed by atoms with Gasteiger partial charge in [0.2, 0.25) is 0 Å². The number of sulfonamides is 1. The Kier molecular flexibility index (Phi) is 6.10. The normalized spacial score (nSPS) is 20.7. The summed E-state index contributed by atoms with van der Waals surface area (Å²) in [5, 5.41) is 0.923. The number of carbonyl (C=O) groups is 1. The van der Waals surface area contributed by atoms with Crippen LogP contribution < -0.4 is 9.46 Å². The van der Waals surface area contributed by atoms with Gasteiger partial charge in [-0.15, -0.1) is 0 Å². The van der Waals surface area contributed by atoms with Crippen LogP contribution in [0.4, 0.5) is 4.79 Å². The molecule has 182 valence electrons. The van der Waals surface area contributed by atoms with Crippen LogP contribution in [0.1, 0.15) is 24.0 Å². The minimum Gasteiger partial charge on any atom is -0.497 e. The van der Waals surface area contributed by atoms with E-state index in [1.54, 1.807) is 25.4 Å². The fraction of sp³-hybridized carbons (Fsp3) is 0.308. The molecule has 1 atom stereocenters. The number of benzene rings is 2. The number of hydrogen-bond donors (Lipinski definition) is 1. The number of hydrogen-bond acceptors (Lipinski definition) is 7. The Morgan fingerprint density at radius 2 is 1.86 bits per heavy atom. The van der Waals surface area contributed by atoms with E-state index in [2.05, 4.69) is 14.6 Å². The van der Waals surface area contributed by atoms with Crippen LogP contribution in [0.3, 0.4) is 0 Å². The van der Waals surface area contributed by atoms with E-state index in [9.17, 15) is 13.2 Å². The van der Waals surface area contributed by atoms with Crippen molar-refractivity contribution in [3.8, 4) is 5.75 Å². The first kappa shape index (κ1) is 23.2. The number of nitrogens with zero attached hydrogens (tertiary/aromatic N) is 2. The summed E-state index contributed by atoms with van der Waals surface area (Å²) in [6.07, 6.45) is 4.00. The van der Waals surface area contributed by atoms with E-state index in [1.165, 1.54) is 12.1 Å². The Hall–Kier alpha value is -3.59. The zero-order valence-corrected chi connectivity index (χ0v) is 20.4. The highest BCUT2D eigenvalue weighted by molar-refractivity contribution is 7.90. The summed E-state index contributed by atoms with van der Waals surface area (Å²) < 4.78 is 38.6. The fourth-order valence-electron chi connectivity index (χ4n) is 4.80. The number of nitrogens with one attached hydrogen (secondary N) is 1. The first-order valence-corrected chi connectivity index (χ1v) is 13.0. The number of ether oxygens (including phenoxy) is 2. The molecular weight excluding hydrogens is 466 g/mol. The predicted molar refractivity (Wildman–Crippen MR) is 132 cm³/mol. The van der Waals surface area contributed by atoms with Crippen molar-refractivity contribution in [1.82, 2.24) is 14.6 Å². The van der Waals surface area contributed by atoms with Crippen molar-refractivity contribution < 1.29 is 22.7 Å². The van der Waals surface area contributed by atoms with Crippen molar-refractivity contribution in [2.24, 2.45) is 5.92 Å². The van der Waals surface area contributed by atoms with E-state index in [-0.39, 0.29) is 10.8 Å². The molecule has 1 N–H and O–H groups in total. The standard InChI is InChI=1S/C26H27N3O5S/c1-17-3-6-21(7-4-17)35(31,32)28-26(30)34-25-18-10-13-29(14-11-18)24(25)15-19-9-12-27-23-8-5-20(33-2)16-22(19)23/h3-9,12,15-16,18,25H,10-11,13-14H2,1-2H3,(H,28,30)/b24-15+/t25-/m1/s1. The van der Waals surface area contributed by atoms with Gasteiger partial charge in [0.1, 0.15) is 11.9 Å². The molecule has 0 unspecified atom stereocenters. The van der Waals surface area contributed by atoms with Gasteiger partial charge in [0, 0.05) is 30.6 Å². The van der Waals surface area contributed by atoms with Crippen molar-refractivity contribution in [2.75, 3.05) is 20.2 Å². The summed E-state index contributed by atoms with van der Waals surface area (Å²) in [5.41, 5.74) is 3.55. The van der Waals surface area contributed by atoms with Crippen molar-refractivity contribution >= 4 is 33.1 Å². The minimum absolute atomic E-state index is 0.0157. The monoisotopic (exact) mass is 493 g/mol. The van der Waals surface area contributed by atoms with E-state index < -0.39 is 22.2 Å². The lowest BCUT2D eigenvalue weighted by Crippen LogP contribution is -2.51. The lowest BCUT2D eigenvalue weighted by Gasteiger charge is -2.47. The highest BCUT2D eigenvalue weighted by Gasteiger charge is 2.41. The molecule has 4 heterocycles. The average molecular weight is 494 g/mol. The molecule has 9 heteroatoms. The van der Waals surface area contributed by atoms with Crippen molar-refractivity contribution in [3.05, 3.63) is 71.6 Å². The SMILES string of the molecule is COc1ccc2nccc(/C=C3\[C@H](OC(=O)NS(=O)(=O)c4ccc(C)cc4)C4CCN3CC4)c2c1. The van der Waals surface area contributed by atoms with Gasteiger partial charge in [-0.3, -0.25) is 4.98 Å². The summed E-state index contributed by atoms with van der Waals surface area (Å²) in [5.74, 6) is 0.853. The molecule has 8 nitrogen and oxygen atoms in total. The second-order valence-corrected chi connectivity index (χ2v) is 10.6. The zero-order valence-electron chi connectivity index (χ0n) is 19.6. The van der Waals surface area contributed by atoms with Gasteiger partial charge in [0.25, 0.3) is 10.0 Å². The van der Waals surface area contributed by atoms with Gasteiger partial charge >= 0.3 is 6.09 Å². The molecule has 0 spiro atoms. The molecule has 2 aromatic carbocycles. The smallest absolute Gasteiger partial charge is 0.421 e. The molecule has 3 aromatic rings. The van der Waals surface area contributed by atoms with Gasteiger partial charge in [-0.1, -0.05) is 17.7 Å². The molecule has 3 saturated heterocycles. The van der Waals surface area contributed by atoms with Crippen LogP contribution in [0.5, 0.6) is 5.75 Å². The van der Waals surface area contributed by atoms with Gasteiger partial charge in [-0.2, -0.15) is 0 Å². The van der Waals surface area contributed by atoms with E-state index in [0.29, 0.717) is 0 Å². The second-order valence-electron chi connectivity index (χ2n) is 8.92. The van der Waals surface area contributed by atoms with Crippen molar-refractivity contribution in [2.45, 2.75) is 30.8 Å². The van der Waals surface area contributed by atoms with Gasteiger partial charge < -0.3 is 14.4 Å². The maximum atomic E-state index is 12.8. The predicted octanol–water partition coefficient (Wildman–Crippen LogP) is 4.10. The van der Waals surface area contributed by atoms with Gasteiger partial charge in [-0.05, 0) is 67.8 Å². The highest BCUT2D eigenvalue weighted by Crippen LogP contribution is 2.38. The zero-order chi connectivity index (χ0) is 24.6. The molecule has 0 aliphatic carbocycles. The number of piperidine rings is 3. The number of aromatic nitrogens is 1. The first-order chi connectivity index (χ1) is 16.8. The number of carbonyl (C=O) groups excluding carboxylic acids is 1. The third-order valence-electron chi connectivity index (χ3n) is 6.69. The Morgan fingerprint density at radius 3 is 2.57 bits per heavy atom. The Morgan fingerprint density at radius 1 is 1.11 bits per heavy atom. The molecule has 1 amide bonds.